The van der Waals surface area contributed by atoms with Crippen LogP contribution in [0.15, 0.2) is 42.9 Å². The molecule has 0 saturated heterocycles. The lowest BCUT2D eigenvalue weighted by molar-refractivity contribution is -0.162. The summed E-state index contributed by atoms with van der Waals surface area (Å²) in [6.45, 7) is 4.58. The van der Waals surface area contributed by atoms with Crippen LogP contribution in [0.5, 0.6) is 0 Å². The second kappa shape index (κ2) is 27.9. The lowest BCUT2D eigenvalue weighted by atomic mass is 10.0. The molecule has 0 radical (unpaired) electrons. The largest absolute Gasteiger partial charge is 0.459 e. The standard InChI is InChI=1S/C41H67N3O4/c1-3-5-7-9-11-13-15-17-19-21-26-30-39(45)44(40(46)31-27-22-20-18-16-14-12-10-8-6-4-2)38(32-37-33-42-35-43-37)41(47)48-34-36-28-24-23-25-29-36/h23-25,28-29,33,35,38H,3-22,26-27,30-32,34H2,1-2H3,(H,42,43)/t38-/m0/s1. The molecule has 7 heteroatoms. The van der Waals surface area contributed by atoms with Crippen molar-refractivity contribution in [2.75, 3.05) is 0 Å². The number of amides is 2. The number of benzene rings is 1. The Hall–Kier alpha value is -2.96. The number of esters is 1. The maximum Gasteiger partial charge on any atom is 0.330 e. The van der Waals surface area contributed by atoms with Crippen molar-refractivity contribution in [2.45, 2.75) is 187 Å². The maximum atomic E-state index is 13.8. The normalized spacial score (nSPS) is 11.8. The van der Waals surface area contributed by atoms with Crippen molar-refractivity contribution in [3.8, 4) is 0 Å². The zero-order valence-corrected chi connectivity index (χ0v) is 30.5. The number of rotatable bonds is 30. The summed E-state index contributed by atoms with van der Waals surface area (Å²) in [5.74, 6) is -1.12. The molecule has 0 bridgehead atoms. The Kier molecular flexibility index (Phi) is 24.0. The predicted octanol–water partition coefficient (Wildman–Crippen LogP) is 10.8. The molecule has 1 heterocycles. The first-order chi connectivity index (χ1) is 23.6. The predicted molar refractivity (Wildman–Crippen MR) is 196 cm³/mol. The monoisotopic (exact) mass is 666 g/mol. The number of ether oxygens (including phenoxy) is 1. The van der Waals surface area contributed by atoms with E-state index in [4.69, 9.17) is 4.74 Å². The van der Waals surface area contributed by atoms with E-state index in [1.54, 1.807) is 12.5 Å². The van der Waals surface area contributed by atoms with E-state index in [0.717, 1.165) is 31.2 Å². The quantitative estimate of drug-likeness (QED) is 0.0662. The molecule has 1 N–H and O–H groups in total. The number of carbonyl (C=O) groups is 3. The van der Waals surface area contributed by atoms with Gasteiger partial charge in [-0.1, -0.05) is 173 Å². The number of imide groups is 1. The third-order valence-corrected chi connectivity index (χ3v) is 9.30. The molecule has 0 unspecified atom stereocenters. The van der Waals surface area contributed by atoms with E-state index in [-0.39, 0.29) is 37.7 Å². The van der Waals surface area contributed by atoms with Gasteiger partial charge in [-0.3, -0.25) is 14.5 Å². The van der Waals surface area contributed by atoms with Crippen molar-refractivity contribution in [2.24, 2.45) is 0 Å². The van der Waals surface area contributed by atoms with Crippen LogP contribution in [0.1, 0.15) is 179 Å². The van der Waals surface area contributed by atoms with Crippen molar-refractivity contribution >= 4 is 17.8 Å². The van der Waals surface area contributed by atoms with Crippen LogP contribution < -0.4 is 0 Å². The number of hydrogen-bond acceptors (Lipinski definition) is 5. The smallest absolute Gasteiger partial charge is 0.330 e. The van der Waals surface area contributed by atoms with E-state index in [0.29, 0.717) is 18.5 Å². The van der Waals surface area contributed by atoms with Gasteiger partial charge in [0.25, 0.3) is 0 Å². The molecule has 7 nitrogen and oxygen atoms in total. The second-order valence-corrected chi connectivity index (χ2v) is 13.6. The number of nitrogens with zero attached hydrogens (tertiary/aromatic N) is 2. The van der Waals surface area contributed by atoms with E-state index in [2.05, 4.69) is 23.8 Å². The highest BCUT2D eigenvalue weighted by Crippen LogP contribution is 2.19. The van der Waals surface area contributed by atoms with Crippen LogP contribution in [0, 0.1) is 0 Å². The molecule has 0 aliphatic carbocycles. The van der Waals surface area contributed by atoms with Crippen molar-refractivity contribution in [3.63, 3.8) is 0 Å². The summed E-state index contributed by atoms with van der Waals surface area (Å²) < 4.78 is 5.72. The van der Waals surface area contributed by atoms with Crippen LogP contribution in [0.2, 0.25) is 0 Å². The zero-order chi connectivity index (χ0) is 34.5. The summed E-state index contributed by atoms with van der Waals surface area (Å²) in [7, 11) is 0. The van der Waals surface area contributed by atoms with Crippen molar-refractivity contribution < 1.29 is 19.1 Å². The summed E-state index contributed by atoms with van der Waals surface area (Å²) >= 11 is 0. The van der Waals surface area contributed by atoms with Crippen molar-refractivity contribution in [1.29, 1.82) is 0 Å². The molecule has 2 amide bonds. The topological polar surface area (TPSA) is 92.4 Å². The highest BCUT2D eigenvalue weighted by atomic mass is 16.5. The van der Waals surface area contributed by atoms with E-state index < -0.39 is 12.0 Å². The van der Waals surface area contributed by atoms with Gasteiger partial charge in [-0.05, 0) is 18.4 Å². The number of hydrogen-bond donors (Lipinski definition) is 1. The molecule has 2 rings (SSSR count). The van der Waals surface area contributed by atoms with Crippen molar-refractivity contribution in [3.05, 3.63) is 54.1 Å². The number of aromatic nitrogens is 2. The van der Waals surface area contributed by atoms with Gasteiger partial charge in [0.1, 0.15) is 12.6 Å². The third kappa shape index (κ3) is 19.1. The summed E-state index contributed by atoms with van der Waals surface area (Å²) in [6.07, 6.45) is 30.0. The minimum absolute atomic E-state index is 0.0899. The minimum atomic E-state index is -1.03. The Balaban J connectivity index is 1.94. The Labute approximate surface area is 292 Å². The molecule has 270 valence electrons. The zero-order valence-electron chi connectivity index (χ0n) is 30.5. The van der Waals surface area contributed by atoms with E-state index in [9.17, 15) is 14.4 Å². The molecule has 1 atom stereocenters. The number of imidazole rings is 1. The van der Waals surface area contributed by atoms with Gasteiger partial charge in [-0.25, -0.2) is 9.78 Å². The Morgan fingerprint density at radius 3 is 1.50 bits per heavy atom. The van der Waals surface area contributed by atoms with Crippen LogP contribution in [0.25, 0.3) is 0 Å². The molecular weight excluding hydrogens is 598 g/mol. The summed E-state index contributed by atoms with van der Waals surface area (Å²) in [5, 5.41) is 0. The molecule has 1 aromatic heterocycles. The summed E-state index contributed by atoms with van der Waals surface area (Å²) in [4.78, 5) is 49.5. The summed E-state index contributed by atoms with van der Waals surface area (Å²) in [6, 6.07) is 8.45. The first-order valence-corrected chi connectivity index (χ1v) is 19.6. The number of carbonyl (C=O) groups excluding carboxylic acids is 3. The molecular formula is C41H67N3O4. The lowest BCUT2D eigenvalue weighted by Crippen LogP contribution is -2.50. The van der Waals surface area contributed by atoms with Gasteiger partial charge in [0.15, 0.2) is 0 Å². The summed E-state index contributed by atoms with van der Waals surface area (Å²) in [5.41, 5.74) is 1.55. The van der Waals surface area contributed by atoms with E-state index in [1.807, 2.05) is 30.3 Å². The van der Waals surface area contributed by atoms with Crippen LogP contribution in [-0.2, 0) is 32.1 Å². The van der Waals surface area contributed by atoms with Crippen LogP contribution >= 0.6 is 0 Å². The molecule has 48 heavy (non-hydrogen) atoms. The van der Waals surface area contributed by atoms with Gasteiger partial charge in [0.2, 0.25) is 11.8 Å². The van der Waals surface area contributed by atoms with Gasteiger partial charge in [0.05, 0.1) is 6.33 Å². The van der Waals surface area contributed by atoms with Gasteiger partial charge in [-0.15, -0.1) is 0 Å². The number of nitrogens with one attached hydrogen (secondary N) is 1. The fourth-order valence-corrected chi connectivity index (χ4v) is 6.32. The fourth-order valence-electron chi connectivity index (χ4n) is 6.32. The van der Waals surface area contributed by atoms with E-state index >= 15 is 0 Å². The van der Waals surface area contributed by atoms with Gasteiger partial charge in [-0.2, -0.15) is 0 Å². The highest BCUT2D eigenvalue weighted by Gasteiger charge is 2.35. The molecule has 0 spiro atoms. The van der Waals surface area contributed by atoms with Crippen LogP contribution in [-0.4, -0.2) is 38.7 Å². The second-order valence-electron chi connectivity index (χ2n) is 13.6. The Morgan fingerprint density at radius 2 is 1.08 bits per heavy atom. The van der Waals surface area contributed by atoms with Gasteiger partial charge < -0.3 is 9.72 Å². The minimum Gasteiger partial charge on any atom is -0.459 e. The molecule has 1 aromatic carbocycles. The SMILES string of the molecule is CCCCCCCCCCCCCC(=O)N(C(=O)CCCCCCCCCCCCC)[C@@H](Cc1cnc[nH]1)C(=O)OCc1ccccc1. The molecule has 2 aromatic rings. The average molecular weight is 666 g/mol. The van der Waals surface area contributed by atoms with Gasteiger partial charge in [0, 0.05) is 31.2 Å². The number of H-pyrrole nitrogens is 1. The molecule has 0 aliphatic rings. The van der Waals surface area contributed by atoms with Crippen molar-refractivity contribution in [1.82, 2.24) is 14.9 Å². The molecule has 0 saturated carbocycles. The van der Waals surface area contributed by atoms with Crippen LogP contribution in [0.4, 0.5) is 0 Å². The third-order valence-electron chi connectivity index (χ3n) is 9.30. The van der Waals surface area contributed by atoms with Gasteiger partial charge >= 0.3 is 5.97 Å². The molecule has 0 aliphatic heterocycles. The Bertz CT molecular complexity index is 1030. The lowest BCUT2D eigenvalue weighted by Gasteiger charge is -2.29. The maximum absolute atomic E-state index is 13.8. The van der Waals surface area contributed by atoms with Crippen LogP contribution in [0.3, 0.4) is 0 Å². The first-order valence-electron chi connectivity index (χ1n) is 19.6. The average Bonchev–Trinajstić information content (AvgIpc) is 3.62. The highest BCUT2D eigenvalue weighted by molar-refractivity contribution is 5.99. The van der Waals surface area contributed by atoms with E-state index in [1.165, 1.54) is 108 Å². The number of aromatic amines is 1. The molecule has 0 fully saturated rings. The fraction of sp³-hybridized carbons (Fsp3) is 0.707. The number of unbranched alkanes of at least 4 members (excludes halogenated alkanes) is 20. The first kappa shape index (κ1) is 41.2. The Morgan fingerprint density at radius 1 is 0.646 bits per heavy atom.